The van der Waals surface area contributed by atoms with E-state index >= 15 is 0 Å². The van der Waals surface area contributed by atoms with Crippen LogP contribution in [0.25, 0.3) is 0 Å². The van der Waals surface area contributed by atoms with Crippen LogP contribution in [0.2, 0.25) is 0 Å². The second-order valence-electron chi connectivity index (χ2n) is 5.78. The number of nitrogens with zero attached hydrogens (tertiary/aromatic N) is 5. The summed E-state index contributed by atoms with van der Waals surface area (Å²) in [6.45, 7) is 2.86. The lowest BCUT2D eigenvalue weighted by Gasteiger charge is -2.31. The second-order valence-corrected chi connectivity index (χ2v) is 5.78. The molecule has 3 aromatic rings. The van der Waals surface area contributed by atoms with Crippen molar-refractivity contribution in [3.63, 3.8) is 0 Å². The molecule has 0 bridgehead atoms. The van der Waals surface area contributed by atoms with E-state index < -0.39 is 0 Å². The zero-order chi connectivity index (χ0) is 14.8. The van der Waals surface area contributed by atoms with Crippen LogP contribution in [0, 0.1) is 0 Å². The van der Waals surface area contributed by atoms with Crippen LogP contribution in [-0.2, 0) is 19.6 Å². The van der Waals surface area contributed by atoms with Crippen LogP contribution in [0.1, 0.15) is 17.5 Å². The van der Waals surface area contributed by atoms with Gasteiger partial charge in [0.05, 0.1) is 19.3 Å². The molecule has 0 spiro atoms. The van der Waals surface area contributed by atoms with Gasteiger partial charge in [0.2, 0.25) is 0 Å². The Morgan fingerprint density at radius 3 is 2.59 bits per heavy atom. The summed E-state index contributed by atoms with van der Waals surface area (Å²) in [6, 6.07) is 6.83. The predicted molar refractivity (Wildman–Crippen MR) is 85.7 cm³/mol. The van der Waals surface area contributed by atoms with E-state index in [2.05, 4.69) is 42.2 Å². The van der Waals surface area contributed by atoms with Crippen LogP contribution in [-0.4, -0.2) is 25.6 Å². The van der Waals surface area contributed by atoms with Gasteiger partial charge in [0.25, 0.3) is 0 Å². The molecule has 0 fully saturated rings. The topological polar surface area (TPSA) is 38.9 Å². The predicted octanol–water partition coefficient (Wildman–Crippen LogP) is 2.54. The number of hydrogen-bond acceptors (Lipinski definition) is 3. The Morgan fingerprint density at radius 1 is 1.00 bits per heavy atom. The zero-order valence-electron chi connectivity index (χ0n) is 12.5. The summed E-state index contributed by atoms with van der Waals surface area (Å²) in [5.41, 5.74) is 4.14. The maximum Gasteiger partial charge on any atom is 0.0960 e. The highest BCUT2D eigenvalue weighted by molar-refractivity contribution is 5.56. The van der Waals surface area contributed by atoms with Gasteiger partial charge in [-0.1, -0.05) is 12.1 Å². The average molecular weight is 293 g/mol. The van der Waals surface area contributed by atoms with Gasteiger partial charge in [-0.2, -0.15) is 0 Å². The van der Waals surface area contributed by atoms with E-state index in [0.717, 1.165) is 26.2 Å². The molecule has 2 aromatic heterocycles. The van der Waals surface area contributed by atoms with Crippen molar-refractivity contribution in [2.45, 2.75) is 26.1 Å². The van der Waals surface area contributed by atoms with Gasteiger partial charge in [-0.05, 0) is 30.0 Å². The summed E-state index contributed by atoms with van der Waals surface area (Å²) in [6.07, 6.45) is 13.8. The minimum Gasteiger partial charge on any atom is -0.353 e. The molecule has 0 amide bonds. The summed E-state index contributed by atoms with van der Waals surface area (Å²) in [5.74, 6) is 0. The van der Waals surface area contributed by atoms with E-state index in [9.17, 15) is 0 Å². The number of fused-ring (bicyclic) bond motifs is 1. The van der Waals surface area contributed by atoms with Gasteiger partial charge < -0.3 is 14.0 Å². The number of hydrogen-bond donors (Lipinski definition) is 0. The molecule has 0 radical (unpaired) electrons. The van der Waals surface area contributed by atoms with E-state index in [1.165, 1.54) is 23.2 Å². The van der Waals surface area contributed by atoms with Crippen LogP contribution in [0.4, 0.5) is 5.69 Å². The molecule has 5 nitrogen and oxygen atoms in total. The van der Waals surface area contributed by atoms with Crippen molar-refractivity contribution in [3.8, 4) is 0 Å². The molecular formula is C17H19N5. The minimum atomic E-state index is 0.869. The quantitative estimate of drug-likeness (QED) is 0.742. The lowest BCUT2D eigenvalue weighted by atomic mass is 9.99. The van der Waals surface area contributed by atoms with E-state index in [-0.39, 0.29) is 0 Å². The van der Waals surface area contributed by atoms with Gasteiger partial charge in [-0.3, -0.25) is 0 Å². The molecule has 1 aromatic carbocycles. The van der Waals surface area contributed by atoms with Crippen molar-refractivity contribution in [1.29, 1.82) is 0 Å². The number of anilines is 1. The molecular weight excluding hydrogens is 274 g/mol. The van der Waals surface area contributed by atoms with Crippen LogP contribution in [0.3, 0.4) is 0 Å². The molecule has 0 atom stereocenters. The standard InChI is InChI=1S/C17H19N5/c1-2-16-10-15(11-20-8-5-18-12-20)3-4-17(16)22(7-1)14-21-9-6-19-13-21/h3-6,8-10,12-13H,1-2,7,11,14H2. The lowest BCUT2D eigenvalue weighted by Crippen LogP contribution is -2.31. The van der Waals surface area contributed by atoms with Gasteiger partial charge in [-0.25, -0.2) is 9.97 Å². The summed E-state index contributed by atoms with van der Waals surface area (Å²) < 4.78 is 4.22. The molecule has 0 saturated carbocycles. The van der Waals surface area contributed by atoms with Crippen molar-refractivity contribution in [3.05, 3.63) is 66.8 Å². The normalized spacial score (nSPS) is 14.1. The number of aryl methyl sites for hydroxylation is 1. The summed E-state index contributed by atoms with van der Waals surface area (Å²) >= 11 is 0. The molecule has 3 heterocycles. The maximum absolute atomic E-state index is 4.13. The van der Waals surface area contributed by atoms with E-state index in [1.54, 1.807) is 0 Å². The number of imidazole rings is 2. The number of benzene rings is 1. The summed E-state index contributed by atoms with van der Waals surface area (Å²) in [4.78, 5) is 10.7. The van der Waals surface area contributed by atoms with Crippen LogP contribution < -0.4 is 4.90 Å². The van der Waals surface area contributed by atoms with Gasteiger partial charge in [0.15, 0.2) is 0 Å². The molecule has 4 rings (SSSR count). The van der Waals surface area contributed by atoms with Gasteiger partial charge >= 0.3 is 0 Å². The third kappa shape index (κ3) is 2.62. The SMILES string of the molecule is c1cn(Cc2ccc3c(c2)CCCN3Cn2ccnc2)cn1. The summed E-state index contributed by atoms with van der Waals surface area (Å²) in [5, 5.41) is 0. The monoisotopic (exact) mass is 293 g/mol. The van der Waals surface area contributed by atoms with Gasteiger partial charge in [-0.15, -0.1) is 0 Å². The van der Waals surface area contributed by atoms with Gasteiger partial charge in [0, 0.05) is 43.6 Å². The van der Waals surface area contributed by atoms with E-state index in [0.29, 0.717) is 0 Å². The fourth-order valence-corrected chi connectivity index (χ4v) is 3.13. The summed E-state index contributed by atoms with van der Waals surface area (Å²) in [7, 11) is 0. The first-order valence-electron chi connectivity index (χ1n) is 7.67. The maximum atomic E-state index is 4.13. The Balaban J connectivity index is 1.57. The van der Waals surface area contributed by atoms with Crippen LogP contribution >= 0.6 is 0 Å². The highest BCUT2D eigenvalue weighted by Crippen LogP contribution is 2.28. The first-order chi connectivity index (χ1) is 10.9. The minimum absolute atomic E-state index is 0.869. The third-order valence-electron chi connectivity index (χ3n) is 4.18. The van der Waals surface area contributed by atoms with Crippen LogP contribution in [0.15, 0.2) is 55.6 Å². The fourth-order valence-electron chi connectivity index (χ4n) is 3.13. The zero-order valence-corrected chi connectivity index (χ0v) is 12.5. The molecule has 5 heteroatoms. The second kappa shape index (κ2) is 5.67. The van der Waals surface area contributed by atoms with Crippen molar-refractivity contribution in [1.82, 2.24) is 19.1 Å². The Labute approximate surface area is 129 Å². The lowest BCUT2D eigenvalue weighted by molar-refractivity contribution is 0.596. The molecule has 0 N–H and O–H groups in total. The Bertz CT molecular complexity index is 731. The molecule has 112 valence electrons. The van der Waals surface area contributed by atoms with Crippen LogP contribution in [0.5, 0.6) is 0 Å². The molecule has 1 aliphatic heterocycles. The first kappa shape index (κ1) is 13.1. The Hall–Kier alpha value is -2.56. The van der Waals surface area contributed by atoms with Crippen molar-refractivity contribution in [2.75, 3.05) is 11.4 Å². The van der Waals surface area contributed by atoms with E-state index in [1.807, 2.05) is 37.4 Å². The Morgan fingerprint density at radius 2 is 1.82 bits per heavy atom. The largest absolute Gasteiger partial charge is 0.353 e. The fraction of sp³-hybridized carbons (Fsp3) is 0.294. The highest BCUT2D eigenvalue weighted by atomic mass is 15.3. The van der Waals surface area contributed by atoms with E-state index in [4.69, 9.17) is 0 Å². The number of aromatic nitrogens is 4. The smallest absolute Gasteiger partial charge is 0.0960 e. The molecule has 0 unspecified atom stereocenters. The molecule has 0 aliphatic carbocycles. The molecule has 0 saturated heterocycles. The molecule has 1 aliphatic rings. The third-order valence-corrected chi connectivity index (χ3v) is 4.18. The highest BCUT2D eigenvalue weighted by Gasteiger charge is 2.17. The first-order valence-corrected chi connectivity index (χ1v) is 7.67. The molecule has 22 heavy (non-hydrogen) atoms. The van der Waals surface area contributed by atoms with Gasteiger partial charge in [0.1, 0.15) is 0 Å². The van der Waals surface area contributed by atoms with Crippen molar-refractivity contribution in [2.24, 2.45) is 0 Å². The van der Waals surface area contributed by atoms with Crippen molar-refractivity contribution >= 4 is 5.69 Å². The number of rotatable bonds is 4. The average Bonchev–Trinajstić information content (AvgIpc) is 3.21. The Kier molecular flexibility index (Phi) is 3.39. The van der Waals surface area contributed by atoms with Crippen molar-refractivity contribution < 1.29 is 0 Å².